The number of alkyl halides is 3. The van der Waals surface area contributed by atoms with Gasteiger partial charge in [-0.2, -0.15) is 13.2 Å². The number of carbonyl (C=O) groups is 1. The zero-order chi connectivity index (χ0) is 27.4. The fraction of sp³-hybridized carbons (Fsp3) is 0.231. The molecule has 0 fully saturated rings. The van der Waals surface area contributed by atoms with Gasteiger partial charge in [-0.1, -0.05) is 18.2 Å². The van der Waals surface area contributed by atoms with Crippen LogP contribution in [0.4, 0.5) is 40.8 Å². The molecule has 2 aromatic carbocycles. The van der Waals surface area contributed by atoms with Crippen LogP contribution in [-0.2, 0) is 6.18 Å². The van der Waals surface area contributed by atoms with E-state index in [-0.39, 0.29) is 6.54 Å². The molecule has 1 aromatic heterocycles. The molecule has 0 saturated carbocycles. The van der Waals surface area contributed by atoms with Gasteiger partial charge in [-0.05, 0) is 48.9 Å². The molecule has 4 rings (SSSR count). The number of hydrogen-bond acceptors (Lipinski definition) is 7. The average Bonchev–Trinajstić information content (AvgIpc) is 3.06. The monoisotopic (exact) mass is 526 g/mol. The third-order valence-corrected chi connectivity index (χ3v) is 6.06. The van der Waals surface area contributed by atoms with Crippen LogP contribution in [0.15, 0.2) is 72.6 Å². The van der Waals surface area contributed by atoms with E-state index in [1.807, 2.05) is 11.9 Å². The van der Waals surface area contributed by atoms with Crippen LogP contribution in [0.3, 0.4) is 0 Å². The van der Waals surface area contributed by atoms with E-state index in [0.717, 1.165) is 12.1 Å². The summed E-state index contributed by atoms with van der Waals surface area (Å²) < 4.78 is 39.8. The van der Waals surface area contributed by atoms with Crippen molar-refractivity contribution in [2.45, 2.75) is 12.6 Å². The lowest BCUT2D eigenvalue weighted by Crippen LogP contribution is -2.36. The first-order valence-corrected chi connectivity index (χ1v) is 11.9. The summed E-state index contributed by atoms with van der Waals surface area (Å²) >= 11 is 0. The van der Waals surface area contributed by atoms with Crippen LogP contribution in [0, 0.1) is 0 Å². The van der Waals surface area contributed by atoms with Gasteiger partial charge in [-0.3, -0.25) is 9.91 Å². The van der Waals surface area contributed by atoms with E-state index in [1.165, 1.54) is 22.2 Å². The second-order valence-corrected chi connectivity index (χ2v) is 8.84. The summed E-state index contributed by atoms with van der Waals surface area (Å²) in [6.07, 6.45) is -2.33. The molecule has 9 nitrogen and oxygen atoms in total. The second-order valence-electron chi connectivity index (χ2n) is 8.84. The fourth-order valence-electron chi connectivity index (χ4n) is 4.08. The topological polar surface area (TPSA) is 130 Å². The highest BCUT2D eigenvalue weighted by molar-refractivity contribution is 6.03. The Morgan fingerprint density at radius 1 is 1.13 bits per heavy atom. The Kier molecular flexibility index (Phi) is 7.74. The van der Waals surface area contributed by atoms with Gasteiger partial charge in [0.25, 0.3) is 0 Å². The molecule has 0 spiro atoms. The molecular weight excluding hydrogens is 497 g/mol. The summed E-state index contributed by atoms with van der Waals surface area (Å²) in [7, 11) is 1.88. The first kappa shape index (κ1) is 26.8. The number of hydrazine groups is 1. The normalized spacial score (nSPS) is 14.1. The van der Waals surface area contributed by atoms with Crippen LogP contribution in [0.25, 0.3) is 11.3 Å². The number of aromatic nitrogens is 1. The summed E-state index contributed by atoms with van der Waals surface area (Å²) in [5.74, 6) is 6.39. The van der Waals surface area contributed by atoms with Crippen molar-refractivity contribution in [1.82, 2.24) is 4.98 Å². The van der Waals surface area contributed by atoms with Gasteiger partial charge in [-0.15, -0.1) is 0 Å². The Morgan fingerprint density at radius 3 is 2.63 bits per heavy atom. The molecule has 2 amide bonds. The van der Waals surface area contributed by atoms with Crippen LogP contribution < -0.4 is 37.4 Å². The fourth-order valence-corrected chi connectivity index (χ4v) is 4.08. The number of benzene rings is 2. The number of anilines is 4. The minimum Gasteiger partial charge on any atom is -0.400 e. The van der Waals surface area contributed by atoms with E-state index in [4.69, 9.17) is 17.3 Å². The highest BCUT2D eigenvalue weighted by atomic mass is 19.4. The molecule has 0 aliphatic carbocycles. The summed E-state index contributed by atoms with van der Waals surface area (Å²) in [6.45, 7) is 1.18. The Labute approximate surface area is 218 Å². The van der Waals surface area contributed by atoms with E-state index in [1.54, 1.807) is 42.5 Å². The van der Waals surface area contributed by atoms with Crippen LogP contribution in [0.2, 0.25) is 0 Å². The number of hydrogen-bond donors (Lipinski definition) is 4. The summed E-state index contributed by atoms with van der Waals surface area (Å²) in [5, 5.41) is 4.17. The predicted octanol–water partition coefficient (Wildman–Crippen LogP) is 4.08. The molecule has 2 heterocycles. The van der Waals surface area contributed by atoms with Crippen molar-refractivity contribution in [2.75, 3.05) is 46.8 Å². The van der Waals surface area contributed by atoms with E-state index in [9.17, 15) is 18.0 Å². The van der Waals surface area contributed by atoms with Crippen molar-refractivity contribution in [3.63, 3.8) is 0 Å². The van der Waals surface area contributed by atoms with E-state index < -0.39 is 17.8 Å². The van der Waals surface area contributed by atoms with Gasteiger partial charge in [-0.25, -0.2) is 15.6 Å². The molecule has 200 valence electrons. The lowest BCUT2D eigenvalue weighted by atomic mass is 10.1. The zero-order valence-electron chi connectivity index (χ0n) is 20.7. The predicted molar refractivity (Wildman–Crippen MR) is 143 cm³/mol. The molecule has 1 aliphatic heterocycles. The number of nitrogens with one attached hydrogen (secondary N) is 1. The highest BCUT2D eigenvalue weighted by Crippen LogP contribution is 2.35. The van der Waals surface area contributed by atoms with Crippen LogP contribution in [0.5, 0.6) is 0 Å². The average molecular weight is 527 g/mol. The maximum Gasteiger partial charge on any atom is 0.416 e. The number of amides is 2. The molecule has 7 N–H and O–H groups in total. The minimum absolute atomic E-state index is 0.141. The molecule has 0 saturated heterocycles. The van der Waals surface area contributed by atoms with Gasteiger partial charge in [0.1, 0.15) is 0 Å². The third-order valence-electron chi connectivity index (χ3n) is 6.06. The molecule has 0 unspecified atom stereocenters. The number of nitrogens with two attached hydrogens (primary N) is 3. The second kappa shape index (κ2) is 11.0. The van der Waals surface area contributed by atoms with Crippen molar-refractivity contribution >= 4 is 28.9 Å². The summed E-state index contributed by atoms with van der Waals surface area (Å²) in [4.78, 5) is 21.5. The molecule has 0 bridgehead atoms. The van der Waals surface area contributed by atoms with E-state index >= 15 is 0 Å². The van der Waals surface area contributed by atoms with Crippen LogP contribution in [-0.4, -0.2) is 37.7 Å². The van der Waals surface area contributed by atoms with Gasteiger partial charge in [0.05, 0.1) is 22.6 Å². The van der Waals surface area contributed by atoms with Gasteiger partial charge < -0.3 is 21.7 Å². The number of urea groups is 1. The number of rotatable bonds is 5. The van der Waals surface area contributed by atoms with Gasteiger partial charge in [0.15, 0.2) is 5.82 Å². The highest BCUT2D eigenvalue weighted by Gasteiger charge is 2.31. The number of halogens is 3. The minimum atomic E-state index is -4.48. The number of carbonyl (C=O) groups excluding carboxylic acids is 1. The maximum atomic E-state index is 13.4. The van der Waals surface area contributed by atoms with Crippen LogP contribution in [0.1, 0.15) is 12.0 Å². The molecule has 0 atom stereocenters. The third kappa shape index (κ3) is 5.98. The Bertz CT molecular complexity index is 1340. The Morgan fingerprint density at radius 2 is 1.89 bits per heavy atom. The van der Waals surface area contributed by atoms with E-state index in [0.29, 0.717) is 59.3 Å². The molecule has 12 heteroatoms. The van der Waals surface area contributed by atoms with E-state index in [2.05, 4.69) is 10.3 Å². The molecular formula is C26H29F3N8O. The maximum absolute atomic E-state index is 13.4. The Balaban J connectivity index is 1.65. The number of pyridine rings is 1. The first-order valence-electron chi connectivity index (χ1n) is 11.9. The molecule has 1 aliphatic rings. The first-order chi connectivity index (χ1) is 18.1. The number of fused-ring (bicyclic) bond motifs is 1. The standard InChI is InChI=1S/C26H29F3N8O/c1-35-11-4-12-36(25(38)33-20-7-3-8-21(14-20)37(32)16-19(31)15-30)24-23(35)10-9-22(34-24)17-5-2-6-18(13-17)26(27,28)29/h2-3,5-10,13-14,16H,4,11-12,15,30-32H2,1H3,(H,33,38)/b19-16-. The largest absolute Gasteiger partial charge is 0.416 e. The smallest absolute Gasteiger partial charge is 0.400 e. The van der Waals surface area contributed by atoms with Crippen molar-refractivity contribution < 1.29 is 18.0 Å². The SMILES string of the molecule is CN1CCCN(C(=O)Nc2cccc(N(N)/C=C(\N)CN)c2)c2nc(-c3cccc(C(F)(F)F)c3)ccc21. The van der Waals surface area contributed by atoms with Crippen molar-refractivity contribution in [3.8, 4) is 11.3 Å². The molecule has 0 radical (unpaired) electrons. The van der Waals surface area contributed by atoms with Gasteiger partial charge in [0.2, 0.25) is 0 Å². The molecule has 3 aromatic rings. The summed E-state index contributed by atoms with van der Waals surface area (Å²) in [6, 6.07) is 14.8. The quantitative estimate of drug-likeness (QED) is 0.291. The van der Waals surface area contributed by atoms with Crippen molar-refractivity contribution in [1.29, 1.82) is 0 Å². The van der Waals surface area contributed by atoms with Crippen LogP contribution >= 0.6 is 0 Å². The van der Waals surface area contributed by atoms with Crippen molar-refractivity contribution in [3.05, 3.63) is 78.1 Å². The van der Waals surface area contributed by atoms with Gasteiger partial charge in [0, 0.05) is 49.8 Å². The van der Waals surface area contributed by atoms with Gasteiger partial charge >= 0.3 is 12.2 Å². The number of nitrogens with zero attached hydrogens (tertiary/aromatic N) is 4. The lowest BCUT2D eigenvalue weighted by Gasteiger charge is -2.24. The summed E-state index contributed by atoms with van der Waals surface area (Å²) in [5.41, 5.74) is 13.3. The zero-order valence-corrected chi connectivity index (χ0v) is 20.7. The Hall–Kier alpha value is -4.29. The lowest BCUT2D eigenvalue weighted by molar-refractivity contribution is -0.137. The van der Waals surface area contributed by atoms with Crippen molar-refractivity contribution in [2.24, 2.45) is 17.3 Å². The molecule has 38 heavy (non-hydrogen) atoms.